The summed E-state index contributed by atoms with van der Waals surface area (Å²) in [4.78, 5) is 4.61. The monoisotopic (exact) mass is 451 g/mol. The van der Waals surface area contributed by atoms with Crippen molar-refractivity contribution in [3.63, 3.8) is 0 Å². The number of nitrogens with zero attached hydrogens (tertiary/aromatic N) is 1. The SMILES string of the molecule is CCCCNC(=NCc1cc(OC)c(OC)cc1OC)NCC.I. The van der Waals surface area contributed by atoms with Crippen molar-refractivity contribution in [2.45, 2.75) is 33.2 Å². The number of hydrogen-bond acceptors (Lipinski definition) is 4. The van der Waals surface area contributed by atoms with Crippen LogP contribution in [0.25, 0.3) is 0 Å². The number of rotatable bonds is 9. The molecule has 0 heterocycles. The summed E-state index contributed by atoms with van der Waals surface area (Å²) in [6.45, 7) is 6.44. The number of hydrogen-bond donors (Lipinski definition) is 2. The normalized spacial score (nSPS) is 10.6. The Labute approximate surface area is 162 Å². The van der Waals surface area contributed by atoms with E-state index in [-0.39, 0.29) is 24.0 Å². The summed E-state index contributed by atoms with van der Waals surface area (Å²) < 4.78 is 16.1. The predicted octanol–water partition coefficient (Wildman–Crippen LogP) is 3.19. The molecule has 24 heavy (non-hydrogen) atoms. The van der Waals surface area contributed by atoms with Crippen molar-refractivity contribution >= 4 is 29.9 Å². The molecule has 1 aromatic carbocycles. The lowest BCUT2D eigenvalue weighted by Gasteiger charge is -2.14. The van der Waals surface area contributed by atoms with E-state index in [1.54, 1.807) is 21.3 Å². The summed E-state index contributed by atoms with van der Waals surface area (Å²) in [6.07, 6.45) is 2.26. The summed E-state index contributed by atoms with van der Waals surface area (Å²) in [5.74, 6) is 2.85. The first kappa shape index (κ1) is 22.6. The molecule has 6 nitrogen and oxygen atoms in total. The topological polar surface area (TPSA) is 64.1 Å². The molecule has 0 aliphatic heterocycles. The van der Waals surface area contributed by atoms with Gasteiger partial charge in [-0.15, -0.1) is 24.0 Å². The molecule has 1 rings (SSSR count). The van der Waals surface area contributed by atoms with Crippen LogP contribution in [0.4, 0.5) is 0 Å². The number of nitrogens with one attached hydrogen (secondary N) is 2. The Hall–Kier alpha value is -1.38. The number of halogens is 1. The van der Waals surface area contributed by atoms with Gasteiger partial charge in [0.05, 0.1) is 27.9 Å². The smallest absolute Gasteiger partial charge is 0.191 e. The molecule has 0 aliphatic rings. The molecule has 2 N–H and O–H groups in total. The summed E-state index contributed by atoms with van der Waals surface area (Å²) in [6, 6.07) is 3.72. The van der Waals surface area contributed by atoms with E-state index in [1.165, 1.54) is 0 Å². The van der Waals surface area contributed by atoms with Crippen molar-refractivity contribution in [1.82, 2.24) is 10.6 Å². The van der Waals surface area contributed by atoms with E-state index in [0.29, 0.717) is 18.0 Å². The summed E-state index contributed by atoms with van der Waals surface area (Å²) >= 11 is 0. The van der Waals surface area contributed by atoms with E-state index in [2.05, 4.69) is 22.5 Å². The molecule has 0 saturated heterocycles. The summed E-state index contributed by atoms with van der Waals surface area (Å²) in [5, 5.41) is 6.57. The van der Waals surface area contributed by atoms with Crippen LogP contribution in [0.5, 0.6) is 17.2 Å². The Morgan fingerprint density at radius 2 is 1.58 bits per heavy atom. The summed E-state index contributed by atoms with van der Waals surface area (Å²) in [5.41, 5.74) is 0.942. The molecule has 7 heteroatoms. The number of unbranched alkanes of at least 4 members (excludes halogenated alkanes) is 1. The van der Waals surface area contributed by atoms with E-state index < -0.39 is 0 Å². The second kappa shape index (κ2) is 13.0. The highest BCUT2D eigenvalue weighted by Crippen LogP contribution is 2.34. The van der Waals surface area contributed by atoms with E-state index in [4.69, 9.17) is 14.2 Å². The minimum Gasteiger partial charge on any atom is -0.496 e. The van der Waals surface area contributed by atoms with Crippen molar-refractivity contribution in [1.29, 1.82) is 0 Å². The van der Waals surface area contributed by atoms with E-state index in [0.717, 1.165) is 43.2 Å². The fraction of sp³-hybridized carbons (Fsp3) is 0.588. The highest BCUT2D eigenvalue weighted by molar-refractivity contribution is 14.0. The highest BCUT2D eigenvalue weighted by atomic mass is 127. The fourth-order valence-corrected chi connectivity index (χ4v) is 2.11. The van der Waals surface area contributed by atoms with E-state index in [9.17, 15) is 0 Å². The molecule has 0 bridgehead atoms. The van der Waals surface area contributed by atoms with E-state index in [1.807, 2.05) is 19.1 Å². The van der Waals surface area contributed by atoms with Gasteiger partial charge in [-0.2, -0.15) is 0 Å². The van der Waals surface area contributed by atoms with Gasteiger partial charge < -0.3 is 24.8 Å². The third-order valence-corrected chi connectivity index (χ3v) is 3.36. The Balaban J connectivity index is 0.00000529. The molecular weight excluding hydrogens is 421 g/mol. The number of benzene rings is 1. The zero-order valence-corrected chi connectivity index (χ0v) is 17.6. The third-order valence-electron chi connectivity index (χ3n) is 3.36. The van der Waals surface area contributed by atoms with Gasteiger partial charge in [0.25, 0.3) is 0 Å². The quantitative estimate of drug-likeness (QED) is 0.261. The van der Waals surface area contributed by atoms with Gasteiger partial charge in [0.1, 0.15) is 5.75 Å². The second-order valence-electron chi connectivity index (χ2n) is 4.99. The van der Waals surface area contributed by atoms with Crippen LogP contribution in [-0.4, -0.2) is 40.4 Å². The van der Waals surface area contributed by atoms with Crippen molar-refractivity contribution in [2.75, 3.05) is 34.4 Å². The van der Waals surface area contributed by atoms with Gasteiger partial charge in [0.2, 0.25) is 0 Å². The maximum atomic E-state index is 5.43. The standard InChI is InChI=1S/C17H29N3O3.HI/c1-6-8-9-19-17(18-7-2)20-12-13-10-15(22-4)16(23-5)11-14(13)21-3;/h10-11H,6-9,12H2,1-5H3,(H2,18,19,20);1H. The van der Waals surface area contributed by atoms with Gasteiger partial charge in [-0.05, 0) is 19.4 Å². The largest absolute Gasteiger partial charge is 0.496 e. The average molecular weight is 451 g/mol. The Bertz CT molecular complexity index is 510. The fourth-order valence-electron chi connectivity index (χ4n) is 2.11. The van der Waals surface area contributed by atoms with Gasteiger partial charge in [-0.25, -0.2) is 4.99 Å². The molecule has 0 unspecified atom stereocenters. The Kier molecular flexibility index (Phi) is 12.2. The van der Waals surface area contributed by atoms with Crippen LogP contribution in [0.3, 0.4) is 0 Å². The van der Waals surface area contributed by atoms with Crippen LogP contribution in [0.15, 0.2) is 17.1 Å². The van der Waals surface area contributed by atoms with Gasteiger partial charge in [-0.1, -0.05) is 13.3 Å². The average Bonchev–Trinajstić information content (AvgIpc) is 2.58. The molecule has 0 aromatic heterocycles. The van der Waals surface area contributed by atoms with Crippen molar-refractivity contribution in [3.05, 3.63) is 17.7 Å². The first-order valence-corrected chi connectivity index (χ1v) is 8.01. The number of guanidine groups is 1. The summed E-state index contributed by atoms with van der Waals surface area (Å²) in [7, 11) is 4.86. The first-order chi connectivity index (χ1) is 11.2. The number of aliphatic imine (C=N–C) groups is 1. The highest BCUT2D eigenvalue weighted by Gasteiger charge is 2.11. The lowest BCUT2D eigenvalue weighted by Crippen LogP contribution is -2.37. The molecule has 0 fully saturated rings. The van der Waals surface area contributed by atoms with Gasteiger partial charge in [-0.3, -0.25) is 0 Å². The maximum Gasteiger partial charge on any atom is 0.191 e. The van der Waals surface area contributed by atoms with Crippen molar-refractivity contribution < 1.29 is 14.2 Å². The van der Waals surface area contributed by atoms with Crippen LogP contribution in [0.2, 0.25) is 0 Å². The number of methoxy groups -OCH3 is 3. The molecule has 0 atom stereocenters. The van der Waals surface area contributed by atoms with Gasteiger partial charge >= 0.3 is 0 Å². The third kappa shape index (κ3) is 7.02. The molecule has 138 valence electrons. The molecular formula is C17H30IN3O3. The van der Waals surface area contributed by atoms with Crippen LogP contribution in [-0.2, 0) is 6.54 Å². The van der Waals surface area contributed by atoms with Crippen molar-refractivity contribution in [2.24, 2.45) is 4.99 Å². The maximum absolute atomic E-state index is 5.43. The zero-order chi connectivity index (χ0) is 17.1. The molecule has 0 amide bonds. The molecule has 1 aromatic rings. The number of ether oxygens (including phenoxy) is 3. The Morgan fingerprint density at radius 3 is 2.12 bits per heavy atom. The predicted molar refractivity (Wildman–Crippen MR) is 109 cm³/mol. The van der Waals surface area contributed by atoms with Crippen LogP contribution in [0, 0.1) is 0 Å². The molecule has 0 saturated carbocycles. The molecule has 0 aliphatic carbocycles. The van der Waals surface area contributed by atoms with Crippen LogP contribution >= 0.6 is 24.0 Å². The van der Waals surface area contributed by atoms with Crippen LogP contribution < -0.4 is 24.8 Å². The second-order valence-corrected chi connectivity index (χ2v) is 4.99. The van der Waals surface area contributed by atoms with E-state index >= 15 is 0 Å². The Morgan fingerprint density at radius 1 is 0.958 bits per heavy atom. The molecule has 0 spiro atoms. The molecule has 0 radical (unpaired) electrons. The van der Waals surface area contributed by atoms with Crippen LogP contribution in [0.1, 0.15) is 32.3 Å². The zero-order valence-electron chi connectivity index (χ0n) is 15.3. The van der Waals surface area contributed by atoms with Gasteiger partial charge in [0.15, 0.2) is 17.5 Å². The van der Waals surface area contributed by atoms with Gasteiger partial charge in [0, 0.05) is 24.7 Å². The van der Waals surface area contributed by atoms with Crippen molar-refractivity contribution in [3.8, 4) is 17.2 Å². The lowest BCUT2D eigenvalue weighted by atomic mass is 10.1. The lowest BCUT2D eigenvalue weighted by molar-refractivity contribution is 0.347. The minimum atomic E-state index is 0. The first-order valence-electron chi connectivity index (χ1n) is 8.01. The minimum absolute atomic E-state index is 0.